The van der Waals surface area contributed by atoms with Gasteiger partial charge in [-0.15, -0.1) is 0 Å². The number of rotatable bonds is 38. The summed E-state index contributed by atoms with van der Waals surface area (Å²) in [5.74, 6) is 0.792. The lowest BCUT2D eigenvalue weighted by Gasteiger charge is -2.18. The minimum Gasteiger partial charge on any atom is -0.462 e. The molecule has 50 heavy (non-hydrogen) atoms. The fourth-order valence-electron chi connectivity index (χ4n) is 6.33. The summed E-state index contributed by atoms with van der Waals surface area (Å²) in [6, 6.07) is 0. The first kappa shape index (κ1) is 48.4. The van der Waals surface area contributed by atoms with Crippen LogP contribution in [0.1, 0.15) is 234 Å². The lowest BCUT2D eigenvalue weighted by atomic mass is 9.99. The van der Waals surface area contributed by atoms with Crippen LogP contribution in [0, 0.1) is 11.8 Å². The van der Waals surface area contributed by atoms with Crippen molar-refractivity contribution in [3.8, 4) is 0 Å². The van der Waals surface area contributed by atoms with Gasteiger partial charge in [-0.05, 0) is 31.1 Å². The third-order valence-electron chi connectivity index (χ3n) is 10.4. The molecule has 0 aliphatic carbocycles. The SMILES string of the molecule is CCCCCCCCCCCCC(=O)OC[C@H](COC(=O)CCCCCCCCCCC(C)CC)OC(=O)CCCCCCCCC(C)CC. The van der Waals surface area contributed by atoms with E-state index >= 15 is 0 Å². The second kappa shape index (κ2) is 37.2. The molecule has 2 unspecified atom stereocenters. The maximum absolute atomic E-state index is 12.7. The van der Waals surface area contributed by atoms with Crippen molar-refractivity contribution in [2.45, 2.75) is 240 Å². The molecule has 0 rings (SSSR count). The summed E-state index contributed by atoms with van der Waals surface area (Å²) in [4.78, 5) is 37.6. The Kier molecular flexibility index (Phi) is 36.0. The summed E-state index contributed by atoms with van der Waals surface area (Å²) >= 11 is 0. The number of esters is 3. The first-order valence-electron chi connectivity index (χ1n) is 21.8. The molecule has 0 heterocycles. The molecule has 0 saturated heterocycles. The van der Waals surface area contributed by atoms with Crippen molar-refractivity contribution in [2.75, 3.05) is 13.2 Å². The van der Waals surface area contributed by atoms with Crippen molar-refractivity contribution in [1.82, 2.24) is 0 Å². The van der Waals surface area contributed by atoms with Gasteiger partial charge < -0.3 is 14.2 Å². The van der Waals surface area contributed by atoms with Gasteiger partial charge in [0.15, 0.2) is 6.10 Å². The quantitative estimate of drug-likeness (QED) is 0.0361. The molecule has 0 aromatic carbocycles. The molecule has 0 N–H and O–H groups in total. The Hall–Kier alpha value is -1.59. The van der Waals surface area contributed by atoms with Gasteiger partial charge in [0.2, 0.25) is 0 Å². The number of hydrogen-bond acceptors (Lipinski definition) is 6. The maximum Gasteiger partial charge on any atom is 0.306 e. The van der Waals surface area contributed by atoms with Crippen molar-refractivity contribution < 1.29 is 28.6 Å². The first-order valence-corrected chi connectivity index (χ1v) is 21.8. The largest absolute Gasteiger partial charge is 0.462 e. The molecule has 0 aromatic heterocycles. The number of unbranched alkanes of at least 4 members (excludes halogenated alkanes) is 21. The monoisotopic (exact) mass is 709 g/mol. The van der Waals surface area contributed by atoms with Crippen LogP contribution in [0.4, 0.5) is 0 Å². The van der Waals surface area contributed by atoms with E-state index in [4.69, 9.17) is 14.2 Å². The predicted octanol–water partition coefficient (Wildman–Crippen LogP) is 13.4. The number of carbonyl (C=O) groups excluding carboxylic acids is 3. The highest BCUT2D eigenvalue weighted by Gasteiger charge is 2.19. The summed E-state index contributed by atoms with van der Waals surface area (Å²) < 4.78 is 16.7. The standard InChI is InChI=1S/C44H84O6/c1-6-9-10-11-12-13-14-18-24-29-34-42(45)48-37-41(50-44(47)36-31-26-21-20-23-28-33-40(5)8-3)38-49-43(46)35-30-25-19-16-15-17-22-27-32-39(4)7-2/h39-41H,6-38H2,1-5H3/t39?,40?,41-/m1/s1. The molecular formula is C44H84O6. The normalized spacial score (nSPS) is 13.1. The highest BCUT2D eigenvalue weighted by Crippen LogP contribution is 2.17. The molecule has 0 aliphatic rings. The van der Waals surface area contributed by atoms with Gasteiger partial charge in [-0.1, -0.05) is 195 Å². The van der Waals surface area contributed by atoms with E-state index in [0.29, 0.717) is 19.3 Å². The number of hydrogen-bond donors (Lipinski definition) is 0. The van der Waals surface area contributed by atoms with Gasteiger partial charge >= 0.3 is 17.9 Å². The Balaban J connectivity index is 4.36. The minimum absolute atomic E-state index is 0.0663. The van der Waals surface area contributed by atoms with Crippen LogP contribution in [-0.4, -0.2) is 37.2 Å². The van der Waals surface area contributed by atoms with Gasteiger partial charge in [0.05, 0.1) is 0 Å². The lowest BCUT2D eigenvalue weighted by Crippen LogP contribution is -2.30. The van der Waals surface area contributed by atoms with Gasteiger partial charge in [-0.25, -0.2) is 0 Å². The smallest absolute Gasteiger partial charge is 0.306 e. The molecule has 3 atom stereocenters. The maximum atomic E-state index is 12.7. The zero-order valence-corrected chi connectivity index (χ0v) is 34.0. The van der Waals surface area contributed by atoms with Crippen LogP contribution in [0.2, 0.25) is 0 Å². The van der Waals surface area contributed by atoms with Gasteiger partial charge in [-0.2, -0.15) is 0 Å². The zero-order valence-electron chi connectivity index (χ0n) is 34.0. The molecule has 0 amide bonds. The summed E-state index contributed by atoms with van der Waals surface area (Å²) in [5.41, 5.74) is 0. The van der Waals surface area contributed by atoms with E-state index in [-0.39, 0.29) is 31.1 Å². The number of ether oxygens (including phenoxy) is 3. The van der Waals surface area contributed by atoms with Crippen LogP contribution in [0.5, 0.6) is 0 Å². The Labute approximate surface area is 310 Å². The van der Waals surface area contributed by atoms with E-state index in [9.17, 15) is 14.4 Å². The topological polar surface area (TPSA) is 78.9 Å². The summed E-state index contributed by atoms with van der Waals surface area (Å²) in [6.07, 6.45) is 33.7. The molecule has 0 bridgehead atoms. The Morgan fingerprint density at radius 1 is 0.400 bits per heavy atom. The molecule has 0 radical (unpaired) electrons. The van der Waals surface area contributed by atoms with Gasteiger partial charge in [0.25, 0.3) is 0 Å². The highest BCUT2D eigenvalue weighted by atomic mass is 16.6. The zero-order chi connectivity index (χ0) is 36.9. The molecule has 0 saturated carbocycles. The highest BCUT2D eigenvalue weighted by molar-refractivity contribution is 5.71. The predicted molar refractivity (Wildman–Crippen MR) is 210 cm³/mol. The van der Waals surface area contributed by atoms with E-state index < -0.39 is 6.10 Å². The molecule has 0 spiro atoms. The van der Waals surface area contributed by atoms with Crippen molar-refractivity contribution in [2.24, 2.45) is 11.8 Å². The molecule has 0 aromatic rings. The van der Waals surface area contributed by atoms with Crippen molar-refractivity contribution in [3.63, 3.8) is 0 Å². The average molecular weight is 709 g/mol. The summed E-state index contributed by atoms with van der Waals surface area (Å²) in [5, 5.41) is 0. The van der Waals surface area contributed by atoms with E-state index in [2.05, 4.69) is 34.6 Å². The van der Waals surface area contributed by atoms with Crippen LogP contribution < -0.4 is 0 Å². The second-order valence-corrected chi connectivity index (χ2v) is 15.5. The third kappa shape index (κ3) is 34.8. The third-order valence-corrected chi connectivity index (χ3v) is 10.4. The Morgan fingerprint density at radius 3 is 1.04 bits per heavy atom. The summed E-state index contributed by atoms with van der Waals surface area (Å²) in [6.45, 7) is 11.3. The first-order chi connectivity index (χ1) is 24.3. The van der Waals surface area contributed by atoms with E-state index in [1.807, 2.05) is 0 Å². The van der Waals surface area contributed by atoms with Crippen molar-refractivity contribution in [3.05, 3.63) is 0 Å². The van der Waals surface area contributed by atoms with Crippen molar-refractivity contribution >= 4 is 17.9 Å². The fourth-order valence-corrected chi connectivity index (χ4v) is 6.33. The molecular weight excluding hydrogens is 624 g/mol. The van der Waals surface area contributed by atoms with Crippen LogP contribution in [0.15, 0.2) is 0 Å². The van der Waals surface area contributed by atoms with Crippen LogP contribution >= 0.6 is 0 Å². The number of carbonyl (C=O) groups is 3. The Morgan fingerprint density at radius 2 is 0.700 bits per heavy atom. The lowest BCUT2D eigenvalue weighted by molar-refractivity contribution is -0.167. The molecule has 296 valence electrons. The van der Waals surface area contributed by atoms with E-state index in [0.717, 1.165) is 69.6 Å². The van der Waals surface area contributed by atoms with Crippen LogP contribution in [0.25, 0.3) is 0 Å². The van der Waals surface area contributed by atoms with Crippen LogP contribution in [0.3, 0.4) is 0 Å². The van der Waals surface area contributed by atoms with E-state index in [1.54, 1.807) is 0 Å². The van der Waals surface area contributed by atoms with Gasteiger partial charge in [0.1, 0.15) is 13.2 Å². The molecule has 0 aliphatic heterocycles. The summed E-state index contributed by atoms with van der Waals surface area (Å²) in [7, 11) is 0. The van der Waals surface area contributed by atoms with Gasteiger partial charge in [0, 0.05) is 19.3 Å². The van der Waals surface area contributed by atoms with E-state index in [1.165, 1.54) is 122 Å². The Bertz CT molecular complexity index is 768. The molecule has 6 nitrogen and oxygen atoms in total. The average Bonchev–Trinajstić information content (AvgIpc) is 3.11. The van der Waals surface area contributed by atoms with Crippen molar-refractivity contribution in [1.29, 1.82) is 0 Å². The molecule has 0 fully saturated rings. The molecule has 6 heteroatoms. The van der Waals surface area contributed by atoms with Gasteiger partial charge in [-0.3, -0.25) is 14.4 Å². The second-order valence-electron chi connectivity index (χ2n) is 15.5. The minimum atomic E-state index is -0.760. The van der Waals surface area contributed by atoms with Crippen LogP contribution in [-0.2, 0) is 28.6 Å². The fraction of sp³-hybridized carbons (Fsp3) is 0.932.